The average Bonchev–Trinajstić information content (AvgIpc) is 2.39. The smallest absolute Gasteiger partial charge is 0.170 e. The molecule has 0 aliphatic heterocycles. The van der Waals surface area contributed by atoms with Gasteiger partial charge in [0.2, 0.25) is 0 Å². The van der Waals surface area contributed by atoms with E-state index in [9.17, 15) is 0 Å². The molecular formula is C14H22N2OS. The molecule has 0 heterocycles. The number of anilines is 1. The minimum absolute atomic E-state index is 0.674. The van der Waals surface area contributed by atoms with Gasteiger partial charge in [-0.3, -0.25) is 0 Å². The highest BCUT2D eigenvalue weighted by Crippen LogP contribution is 2.14. The van der Waals surface area contributed by atoms with Crippen molar-refractivity contribution in [3.8, 4) is 0 Å². The first kappa shape index (κ1) is 14.9. The minimum atomic E-state index is 0.674. The Morgan fingerprint density at radius 1 is 1.28 bits per heavy atom. The summed E-state index contributed by atoms with van der Waals surface area (Å²) < 4.78 is 5.27. The van der Waals surface area contributed by atoms with Crippen LogP contribution in [0, 0.1) is 0 Å². The van der Waals surface area contributed by atoms with Gasteiger partial charge in [-0.05, 0) is 43.6 Å². The van der Waals surface area contributed by atoms with Crippen LogP contribution in [-0.4, -0.2) is 24.9 Å². The Hall–Kier alpha value is -1.13. The van der Waals surface area contributed by atoms with E-state index in [1.807, 2.05) is 25.1 Å². The number of rotatable bonds is 7. The van der Waals surface area contributed by atoms with Crippen molar-refractivity contribution in [3.63, 3.8) is 0 Å². The summed E-state index contributed by atoms with van der Waals surface area (Å²) in [6.07, 6.45) is 1.96. The highest BCUT2D eigenvalue weighted by Gasteiger charge is 2.01. The first-order valence-electron chi connectivity index (χ1n) is 6.48. The molecule has 18 heavy (non-hydrogen) atoms. The van der Waals surface area contributed by atoms with Crippen molar-refractivity contribution in [2.75, 3.05) is 25.1 Å². The van der Waals surface area contributed by atoms with Gasteiger partial charge in [0.05, 0.1) is 0 Å². The summed E-state index contributed by atoms with van der Waals surface area (Å²) in [5.41, 5.74) is 2.36. The predicted molar refractivity (Wildman–Crippen MR) is 81.2 cm³/mol. The number of para-hydroxylation sites is 1. The molecule has 0 spiro atoms. The third-order valence-corrected chi connectivity index (χ3v) is 2.85. The number of hydrogen-bond acceptors (Lipinski definition) is 2. The second kappa shape index (κ2) is 8.89. The molecule has 3 nitrogen and oxygen atoms in total. The zero-order chi connectivity index (χ0) is 13.2. The summed E-state index contributed by atoms with van der Waals surface area (Å²) in [4.78, 5) is 0. The van der Waals surface area contributed by atoms with Crippen LogP contribution in [0.1, 0.15) is 25.8 Å². The van der Waals surface area contributed by atoms with E-state index in [1.54, 1.807) is 0 Å². The van der Waals surface area contributed by atoms with Crippen molar-refractivity contribution < 1.29 is 4.74 Å². The third kappa shape index (κ3) is 5.47. The van der Waals surface area contributed by atoms with Gasteiger partial charge in [-0.25, -0.2) is 0 Å². The number of benzene rings is 1. The lowest BCUT2D eigenvalue weighted by atomic mass is 10.1. The highest BCUT2D eigenvalue weighted by molar-refractivity contribution is 7.80. The molecule has 1 aromatic carbocycles. The van der Waals surface area contributed by atoms with Gasteiger partial charge in [0, 0.05) is 25.4 Å². The number of aryl methyl sites for hydroxylation is 1. The molecule has 0 saturated heterocycles. The van der Waals surface area contributed by atoms with E-state index in [2.05, 4.69) is 23.6 Å². The Kier molecular flexibility index (Phi) is 7.37. The Morgan fingerprint density at radius 3 is 2.78 bits per heavy atom. The molecule has 0 aromatic heterocycles. The molecule has 0 bridgehead atoms. The van der Waals surface area contributed by atoms with Crippen LogP contribution in [0.5, 0.6) is 0 Å². The van der Waals surface area contributed by atoms with E-state index >= 15 is 0 Å². The number of thiocarbonyl (C=S) groups is 1. The second-order valence-corrected chi connectivity index (χ2v) is 4.35. The summed E-state index contributed by atoms with van der Waals surface area (Å²) in [7, 11) is 0. The number of hydrogen-bond donors (Lipinski definition) is 2. The molecule has 0 atom stereocenters. The topological polar surface area (TPSA) is 33.3 Å². The SMILES string of the molecule is CCOCCCNC(=S)Nc1ccccc1CC. The Morgan fingerprint density at radius 2 is 2.06 bits per heavy atom. The van der Waals surface area contributed by atoms with Gasteiger partial charge in [0.15, 0.2) is 5.11 Å². The van der Waals surface area contributed by atoms with Crippen molar-refractivity contribution >= 4 is 23.0 Å². The molecule has 2 N–H and O–H groups in total. The molecule has 0 radical (unpaired) electrons. The molecule has 0 aliphatic rings. The summed E-state index contributed by atoms with van der Waals surface area (Å²) in [6, 6.07) is 8.22. The maximum absolute atomic E-state index is 5.27. The van der Waals surface area contributed by atoms with Crippen molar-refractivity contribution in [1.82, 2.24) is 5.32 Å². The second-order valence-electron chi connectivity index (χ2n) is 3.94. The van der Waals surface area contributed by atoms with E-state index in [0.29, 0.717) is 5.11 Å². The van der Waals surface area contributed by atoms with E-state index in [0.717, 1.165) is 38.3 Å². The molecule has 100 valence electrons. The monoisotopic (exact) mass is 266 g/mol. The quantitative estimate of drug-likeness (QED) is 0.587. The predicted octanol–water partition coefficient (Wildman–Crippen LogP) is 2.96. The molecule has 1 rings (SSSR count). The number of nitrogens with one attached hydrogen (secondary N) is 2. The molecule has 4 heteroatoms. The van der Waals surface area contributed by atoms with Gasteiger partial charge >= 0.3 is 0 Å². The maximum atomic E-state index is 5.27. The van der Waals surface area contributed by atoms with E-state index in [1.165, 1.54) is 5.56 Å². The fourth-order valence-electron chi connectivity index (χ4n) is 1.64. The first-order chi connectivity index (χ1) is 8.77. The minimum Gasteiger partial charge on any atom is -0.382 e. The maximum Gasteiger partial charge on any atom is 0.170 e. The van der Waals surface area contributed by atoms with Crippen LogP contribution in [-0.2, 0) is 11.2 Å². The molecule has 1 aromatic rings. The van der Waals surface area contributed by atoms with Crippen LogP contribution in [0.2, 0.25) is 0 Å². The fourth-order valence-corrected chi connectivity index (χ4v) is 1.85. The van der Waals surface area contributed by atoms with Crippen molar-refractivity contribution in [2.24, 2.45) is 0 Å². The standard InChI is InChI=1S/C14H22N2OS/c1-3-12-8-5-6-9-13(12)16-14(18)15-10-7-11-17-4-2/h5-6,8-9H,3-4,7,10-11H2,1-2H3,(H2,15,16,18). The number of ether oxygens (including phenoxy) is 1. The largest absolute Gasteiger partial charge is 0.382 e. The first-order valence-corrected chi connectivity index (χ1v) is 6.89. The summed E-state index contributed by atoms with van der Waals surface area (Å²) in [5, 5.41) is 7.09. The van der Waals surface area contributed by atoms with Gasteiger partial charge in [0.25, 0.3) is 0 Å². The van der Waals surface area contributed by atoms with Crippen LogP contribution in [0.3, 0.4) is 0 Å². The fraction of sp³-hybridized carbons (Fsp3) is 0.500. The lowest BCUT2D eigenvalue weighted by molar-refractivity contribution is 0.146. The van der Waals surface area contributed by atoms with E-state index in [-0.39, 0.29) is 0 Å². The van der Waals surface area contributed by atoms with Crippen LogP contribution < -0.4 is 10.6 Å². The normalized spacial score (nSPS) is 10.1. The molecule has 0 saturated carbocycles. The van der Waals surface area contributed by atoms with Crippen molar-refractivity contribution in [2.45, 2.75) is 26.7 Å². The molecule has 0 fully saturated rings. The Bertz CT molecular complexity index is 369. The van der Waals surface area contributed by atoms with Crippen LogP contribution in [0.4, 0.5) is 5.69 Å². The lowest BCUT2D eigenvalue weighted by Gasteiger charge is -2.13. The van der Waals surface area contributed by atoms with Gasteiger partial charge in [-0.2, -0.15) is 0 Å². The van der Waals surface area contributed by atoms with Gasteiger partial charge < -0.3 is 15.4 Å². The Balaban J connectivity index is 2.31. The van der Waals surface area contributed by atoms with E-state index < -0.39 is 0 Å². The zero-order valence-corrected chi connectivity index (χ0v) is 12.0. The van der Waals surface area contributed by atoms with Crippen LogP contribution in [0.15, 0.2) is 24.3 Å². The van der Waals surface area contributed by atoms with E-state index in [4.69, 9.17) is 17.0 Å². The van der Waals surface area contributed by atoms with Gasteiger partial charge in [-0.1, -0.05) is 25.1 Å². The van der Waals surface area contributed by atoms with Crippen molar-refractivity contribution in [3.05, 3.63) is 29.8 Å². The van der Waals surface area contributed by atoms with Gasteiger partial charge in [-0.15, -0.1) is 0 Å². The lowest BCUT2D eigenvalue weighted by Crippen LogP contribution is -2.30. The summed E-state index contributed by atoms with van der Waals surface area (Å²) >= 11 is 5.26. The zero-order valence-electron chi connectivity index (χ0n) is 11.2. The van der Waals surface area contributed by atoms with Gasteiger partial charge in [0.1, 0.15) is 0 Å². The molecule has 0 unspecified atom stereocenters. The Labute approximate surface area is 115 Å². The summed E-state index contributed by atoms with van der Waals surface area (Å²) in [5.74, 6) is 0. The molecule has 0 aliphatic carbocycles. The van der Waals surface area contributed by atoms with Crippen molar-refractivity contribution in [1.29, 1.82) is 0 Å². The third-order valence-electron chi connectivity index (χ3n) is 2.60. The summed E-state index contributed by atoms with van der Waals surface area (Å²) in [6.45, 7) is 6.52. The molecular weight excluding hydrogens is 244 g/mol. The highest BCUT2D eigenvalue weighted by atomic mass is 32.1. The average molecular weight is 266 g/mol. The van der Waals surface area contributed by atoms with Crippen LogP contribution in [0.25, 0.3) is 0 Å². The molecule has 0 amide bonds. The van der Waals surface area contributed by atoms with Crippen LogP contribution >= 0.6 is 12.2 Å².